The molecule has 88 valence electrons. The number of hydrogen-bond donors (Lipinski definition) is 1. The molecule has 0 aromatic heterocycles. The van der Waals surface area contributed by atoms with Crippen molar-refractivity contribution in [1.29, 1.82) is 0 Å². The summed E-state index contributed by atoms with van der Waals surface area (Å²) in [5.41, 5.74) is 5.42. The maximum Gasteiger partial charge on any atom is 0.178 e. The van der Waals surface area contributed by atoms with Crippen LogP contribution in [0.4, 0.5) is 0 Å². The SMILES string of the molecule is NCC1(CS(=O)(=O)c2ccc(Cl)cc2)CC1. The molecular formula is C11H14ClNO2S. The maximum atomic E-state index is 12.1. The Hall–Kier alpha value is -0.580. The van der Waals surface area contributed by atoms with Crippen molar-refractivity contribution in [3.05, 3.63) is 29.3 Å². The Morgan fingerprint density at radius 3 is 2.25 bits per heavy atom. The minimum absolute atomic E-state index is 0.151. The third-order valence-electron chi connectivity index (χ3n) is 3.06. The van der Waals surface area contributed by atoms with Gasteiger partial charge in [0, 0.05) is 5.02 Å². The van der Waals surface area contributed by atoms with Crippen LogP contribution in [0.2, 0.25) is 5.02 Å². The summed E-state index contributed by atoms with van der Waals surface area (Å²) in [6.07, 6.45) is 1.83. The first-order valence-electron chi connectivity index (χ1n) is 5.16. The molecule has 0 aliphatic heterocycles. The van der Waals surface area contributed by atoms with Crippen LogP contribution in [0.5, 0.6) is 0 Å². The molecule has 1 aromatic carbocycles. The molecule has 3 nitrogen and oxygen atoms in total. The summed E-state index contributed by atoms with van der Waals surface area (Å²) >= 11 is 5.72. The Balaban J connectivity index is 2.22. The van der Waals surface area contributed by atoms with Gasteiger partial charge >= 0.3 is 0 Å². The molecule has 2 rings (SSSR count). The zero-order valence-electron chi connectivity index (χ0n) is 8.82. The monoisotopic (exact) mass is 259 g/mol. The van der Waals surface area contributed by atoms with Gasteiger partial charge in [-0.1, -0.05) is 11.6 Å². The normalized spacial score (nSPS) is 18.4. The van der Waals surface area contributed by atoms with E-state index in [1.165, 1.54) is 0 Å². The highest BCUT2D eigenvalue weighted by molar-refractivity contribution is 7.91. The molecule has 1 aromatic rings. The highest BCUT2D eigenvalue weighted by Gasteiger charge is 2.45. The number of sulfone groups is 1. The molecule has 1 aliphatic rings. The van der Waals surface area contributed by atoms with Gasteiger partial charge in [0.15, 0.2) is 9.84 Å². The zero-order chi connectivity index (χ0) is 11.8. The topological polar surface area (TPSA) is 60.2 Å². The van der Waals surface area contributed by atoms with Gasteiger partial charge < -0.3 is 5.73 Å². The van der Waals surface area contributed by atoms with Crippen molar-refractivity contribution >= 4 is 21.4 Å². The van der Waals surface area contributed by atoms with E-state index < -0.39 is 9.84 Å². The van der Waals surface area contributed by atoms with Crippen LogP contribution in [0.25, 0.3) is 0 Å². The van der Waals surface area contributed by atoms with Crippen LogP contribution < -0.4 is 5.73 Å². The van der Waals surface area contributed by atoms with Crippen molar-refractivity contribution < 1.29 is 8.42 Å². The summed E-state index contributed by atoms with van der Waals surface area (Å²) in [5, 5.41) is 0.541. The van der Waals surface area contributed by atoms with Crippen molar-refractivity contribution in [1.82, 2.24) is 0 Å². The first-order chi connectivity index (χ1) is 7.47. The van der Waals surface area contributed by atoms with Crippen LogP contribution in [0.15, 0.2) is 29.2 Å². The van der Waals surface area contributed by atoms with Crippen molar-refractivity contribution in [3.63, 3.8) is 0 Å². The summed E-state index contributed by atoms with van der Waals surface area (Å²) in [6, 6.07) is 6.28. The Bertz CT molecular complexity index is 477. The van der Waals surface area contributed by atoms with E-state index in [1.807, 2.05) is 0 Å². The van der Waals surface area contributed by atoms with Crippen molar-refractivity contribution in [3.8, 4) is 0 Å². The summed E-state index contributed by atoms with van der Waals surface area (Å²) in [7, 11) is -3.22. The minimum Gasteiger partial charge on any atom is -0.330 e. The third kappa shape index (κ3) is 2.39. The molecular weight excluding hydrogens is 246 g/mol. The Morgan fingerprint density at radius 1 is 1.25 bits per heavy atom. The number of nitrogens with two attached hydrogens (primary N) is 1. The zero-order valence-corrected chi connectivity index (χ0v) is 10.4. The van der Waals surface area contributed by atoms with Crippen LogP contribution in [-0.4, -0.2) is 20.7 Å². The Labute approximate surface area is 101 Å². The summed E-state index contributed by atoms with van der Waals surface area (Å²) < 4.78 is 24.1. The molecule has 2 N–H and O–H groups in total. The quantitative estimate of drug-likeness (QED) is 0.898. The molecule has 0 radical (unpaired) electrons. The minimum atomic E-state index is -3.22. The molecule has 1 fully saturated rings. The predicted octanol–water partition coefficient (Wildman–Crippen LogP) is 1.85. The standard InChI is InChI=1S/C11H14ClNO2S/c12-9-1-3-10(4-2-9)16(14,15)8-11(7-13)5-6-11/h1-4H,5-8,13H2. The van der Waals surface area contributed by atoms with Crippen LogP contribution in [0.1, 0.15) is 12.8 Å². The molecule has 0 unspecified atom stereocenters. The van der Waals surface area contributed by atoms with Gasteiger partial charge in [-0.3, -0.25) is 0 Å². The van der Waals surface area contributed by atoms with Gasteiger partial charge in [0.25, 0.3) is 0 Å². The number of hydrogen-bond acceptors (Lipinski definition) is 3. The van der Waals surface area contributed by atoms with Crippen molar-refractivity contribution in [2.24, 2.45) is 11.1 Å². The van der Waals surface area contributed by atoms with Gasteiger partial charge in [0.05, 0.1) is 10.6 Å². The van der Waals surface area contributed by atoms with E-state index in [4.69, 9.17) is 17.3 Å². The molecule has 0 amide bonds. The molecule has 1 aliphatic carbocycles. The maximum absolute atomic E-state index is 12.1. The van der Waals surface area contributed by atoms with E-state index in [2.05, 4.69) is 0 Å². The predicted molar refractivity (Wildman–Crippen MR) is 64.2 cm³/mol. The molecule has 0 bridgehead atoms. The fourth-order valence-corrected chi connectivity index (χ4v) is 3.77. The molecule has 5 heteroatoms. The number of benzene rings is 1. The second-order valence-corrected chi connectivity index (χ2v) is 6.84. The number of rotatable bonds is 4. The average molecular weight is 260 g/mol. The second-order valence-electron chi connectivity index (χ2n) is 4.42. The first-order valence-corrected chi connectivity index (χ1v) is 7.19. The molecule has 0 atom stereocenters. The average Bonchev–Trinajstić information content (AvgIpc) is 2.98. The lowest BCUT2D eigenvalue weighted by Gasteiger charge is -2.12. The van der Waals surface area contributed by atoms with Gasteiger partial charge in [0.1, 0.15) is 0 Å². The van der Waals surface area contributed by atoms with Gasteiger partial charge in [-0.2, -0.15) is 0 Å². The fourth-order valence-electron chi connectivity index (χ4n) is 1.71. The molecule has 0 heterocycles. The van der Waals surface area contributed by atoms with E-state index in [-0.39, 0.29) is 11.2 Å². The first kappa shape index (κ1) is 11.9. The molecule has 1 saturated carbocycles. The van der Waals surface area contributed by atoms with Crippen LogP contribution in [0, 0.1) is 5.41 Å². The van der Waals surface area contributed by atoms with Crippen LogP contribution >= 0.6 is 11.6 Å². The molecule has 0 saturated heterocycles. The van der Waals surface area contributed by atoms with E-state index in [0.717, 1.165) is 12.8 Å². The fraction of sp³-hybridized carbons (Fsp3) is 0.455. The van der Waals surface area contributed by atoms with E-state index in [1.54, 1.807) is 24.3 Å². The Morgan fingerprint density at radius 2 is 1.81 bits per heavy atom. The highest BCUT2D eigenvalue weighted by Crippen LogP contribution is 2.46. The van der Waals surface area contributed by atoms with Gasteiger partial charge in [0.2, 0.25) is 0 Å². The largest absolute Gasteiger partial charge is 0.330 e. The lowest BCUT2D eigenvalue weighted by atomic mass is 10.1. The van der Waals surface area contributed by atoms with Gasteiger partial charge in [-0.05, 0) is 49.1 Å². The second kappa shape index (κ2) is 4.02. The van der Waals surface area contributed by atoms with E-state index in [0.29, 0.717) is 16.5 Å². The lowest BCUT2D eigenvalue weighted by molar-refractivity contribution is 0.547. The molecule has 0 spiro atoms. The smallest absolute Gasteiger partial charge is 0.178 e. The number of halogens is 1. The van der Waals surface area contributed by atoms with E-state index >= 15 is 0 Å². The van der Waals surface area contributed by atoms with Crippen LogP contribution in [0.3, 0.4) is 0 Å². The highest BCUT2D eigenvalue weighted by atomic mass is 35.5. The van der Waals surface area contributed by atoms with E-state index in [9.17, 15) is 8.42 Å². The summed E-state index contributed by atoms with van der Waals surface area (Å²) in [5.74, 6) is 0.151. The van der Waals surface area contributed by atoms with Gasteiger partial charge in [-0.15, -0.1) is 0 Å². The third-order valence-corrected chi connectivity index (χ3v) is 5.29. The van der Waals surface area contributed by atoms with Gasteiger partial charge in [-0.25, -0.2) is 8.42 Å². The van der Waals surface area contributed by atoms with Crippen molar-refractivity contribution in [2.75, 3.05) is 12.3 Å². The summed E-state index contributed by atoms with van der Waals surface area (Å²) in [4.78, 5) is 0.330. The summed E-state index contributed by atoms with van der Waals surface area (Å²) in [6.45, 7) is 0.444. The van der Waals surface area contributed by atoms with Crippen molar-refractivity contribution in [2.45, 2.75) is 17.7 Å². The molecule has 16 heavy (non-hydrogen) atoms. The Kier molecular flexibility index (Phi) is 2.99. The van der Waals surface area contributed by atoms with Crippen LogP contribution in [-0.2, 0) is 9.84 Å². The lowest BCUT2D eigenvalue weighted by Crippen LogP contribution is -2.25.